The van der Waals surface area contributed by atoms with Gasteiger partial charge in [-0.15, -0.1) is 0 Å². The first kappa shape index (κ1) is 11.9. The predicted molar refractivity (Wildman–Crippen MR) is 67.7 cm³/mol. The van der Waals surface area contributed by atoms with Crippen LogP contribution in [0, 0.1) is 5.92 Å². The standard InChI is InChI=1S/C14H19ClO/c15-13-8-4-3-5-11(13)9-10-14(16)12-6-1-2-7-12/h3-5,8,12,14,16H,1-2,6-7,9-10H2. The molecule has 0 amide bonds. The minimum absolute atomic E-state index is 0.140. The van der Waals surface area contributed by atoms with Gasteiger partial charge in [-0.05, 0) is 43.2 Å². The Morgan fingerprint density at radius 3 is 2.62 bits per heavy atom. The fraction of sp³-hybridized carbons (Fsp3) is 0.571. The van der Waals surface area contributed by atoms with Gasteiger partial charge in [0.1, 0.15) is 0 Å². The molecule has 1 aromatic carbocycles. The summed E-state index contributed by atoms with van der Waals surface area (Å²) in [6, 6.07) is 7.91. The van der Waals surface area contributed by atoms with Crippen molar-refractivity contribution >= 4 is 11.6 Å². The van der Waals surface area contributed by atoms with E-state index < -0.39 is 0 Å². The van der Waals surface area contributed by atoms with E-state index in [4.69, 9.17) is 11.6 Å². The topological polar surface area (TPSA) is 20.2 Å². The second-order valence-corrected chi connectivity index (χ2v) is 5.15. The van der Waals surface area contributed by atoms with Crippen LogP contribution >= 0.6 is 11.6 Å². The van der Waals surface area contributed by atoms with Gasteiger partial charge in [0.15, 0.2) is 0 Å². The molecule has 0 bridgehead atoms. The van der Waals surface area contributed by atoms with Gasteiger partial charge in [-0.25, -0.2) is 0 Å². The number of aliphatic hydroxyl groups excluding tert-OH is 1. The van der Waals surface area contributed by atoms with Crippen molar-refractivity contribution in [3.63, 3.8) is 0 Å². The Kier molecular flexibility index (Phi) is 4.25. The largest absolute Gasteiger partial charge is 0.393 e. The lowest BCUT2D eigenvalue weighted by Crippen LogP contribution is -2.18. The third-order valence-corrected chi connectivity index (χ3v) is 3.98. The fourth-order valence-electron chi connectivity index (χ4n) is 2.58. The van der Waals surface area contributed by atoms with Crippen molar-refractivity contribution in [2.45, 2.75) is 44.6 Å². The number of rotatable bonds is 4. The molecule has 1 fully saturated rings. The first-order chi connectivity index (χ1) is 7.77. The summed E-state index contributed by atoms with van der Waals surface area (Å²) in [5.74, 6) is 0.530. The first-order valence-electron chi connectivity index (χ1n) is 6.19. The van der Waals surface area contributed by atoms with Crippen molar-refractivity contribution in [2.75, 3.05) is 0 Å². The van der Waals surface area contributed by atoms with Crippen molar-refractivity contribution in [3.8, 4) is 0 Å². The van der Waals surface area contributed by atoms with Gasteiger partial charge in [-0.3, -0.25) is 0 Å². The molecule has 0 aromatic heterocycles. The second kappa shape index (κ2) is 5.70. The van der Waals surface area contributed by atoms with Crippen molar-refractivity contribution < 1.29 is 5.11 Å². The molecule has 1 unspecified atom stereocenters. The van der Waals surface area contributed by atoms with Crippen LogP contribution in [0.5, 0.6) is 0 Å². The molecule has 0 radical (unpaired) electrons. The molecule has 0 heterocycles. The normalized spacial score (nSPS) is 18.9. The minimum Gasteiger partial charge on any atom is -0.393 e. The summed E-state index contributed by atoms with van der Waals surface area (Å²) in [6.07, 6.45) is 6.56. The van der Waals surface area contributed by atoms with Gasteiger partial charge in [-0.2, -0.15) is 0 Å². The minimum atomic E-state index is -0.140. The van der Waals surface area contributed by atoms with Crippen LogP contribution in [-0.4, -0.2) is 11.2 Å². The first-order valence-corrected chi connectivity index (χ1v) is 6.56. The molecule has 1 atom stereocenters. The summed E-state index contributed by atoms with van der Waals surface area (Å²) in [5.41, 5.74) is 1.15. The van der Waals surface area contributed by atoms with Crippen LogP contribution in [0.1, 0.15) is 37.7 Å². The van der Waals surface area contributed by atoms with Crippen LogP contribution in [0.4, 0.5) is 0 Å². The Balaban J connectivity index is 1.84. The summed E-state index contributed by atoms with van der Waals surface area (Å²) < 4.78 is 0. The van der Waals surface area contributed by atoms with Crippen molar-refractivity contribution in [1.82, 2.24) is 0 Å². The predicted octanol–water partition coefficient (Wildman–Crippen LogP) is 3.82. The number of aryl methyl sites for hydroxylation is 1. The molecular weight excluding hydrogens is 220 g/mol. The number of halogens is 1. The maximum absolute atomic E-state index is 10.1. The zero-order valence-electron chi connectivity index (χ0n) is 9.53. The lowest BCUT2D eigenvalue weighted by atomic mass is 9.95. The molecule has 1 N–H and O–H groups in total. The van der Waals surface area contributed by atoms with Crippen LogP contribution in [0.3, 0.4) is 0 Å². The van der Waals surface area contributed by atoms with Gasteiger partial charge in [-0.1, -0.05) is 42.6 Å². The van der Waals surface area contributed by atoms with E-state index in [0.29, 0.717) is 5.92 Å². The van der Waals surface area contributed by atoms with Gasteiger partial charge in [0.2, 0.25) is 0 Å². The van der Waals surface area contributed by atoms with Crippen LogP contribution < -0.4 is 0 Å². The van der Waals surface area contributed by atoms with Crippen LogP contribution in [0.15, 0.2) is 24.3 Å². The third-order valence-electron chi connectivity index (χ3n) is 3.61. The Bertz CT molecular complexity index is 331. The highest BCUT2D eigenvalue weighted by atomic mass is 35.5. The molecule has 1 aliphatic carbocycles. The molecule has 16 heavy (non-hydrogen) atoms. The summed E-state index contributed by atoms with van der Waals surface area (Å²) >= 11 is 6.09. The Morgan fingerprint density at radius 2 is 1.94 bits per heavy atom. The maximum atomic E-state index is 10.1. The zero-order chi connectivity index (χ0) is 11.4. The summed E-state index contributed by atoms with van der Waals surface area (Å²) in [5, 5.41) is 10.9. The molecule has 1 aliphatic rings. The lowest BCUT2D eigenvalue weighted by Gasteiger charge is -2.17. The van der Waals surface area contributed by atoms with Gasteiger partial charge < -0.3 is 5.11 Å². The molecule has 0 saturated heterocycles. The zero-order valence-corrected chi connectivity index (χ0v) is 10.3. The van der Waals surface area contributed by atoms with E-state index in [2.05, 4.69) is 0 Å². The highest BCUT2D eigenvalue weighted by molar-refractivity contribution is 6.31. The quantitative estimate of drug-likeness (QED) is 0.846. The van der Waals surface area contributed by atoms with Crippen LogP contribution in [0.25, 0.3) is 0 Å². The Morgan fingerprint density at radius 1 is 1.25 bits per heavy atom. The highest BCUT2D eigenvalue weighted by Gasteiger charge is 2.22. The molecule has 1 saturated carbocycles. The molecule has 1 aromatic rings. The van der Waals surface area contributed by atoms with E-state index >= 15 is 0 Å². The van der Waals surface area contributed by atoms with Crippen molar-refractivity contribution in [1.29, 1.82) is 0 Å². The molecule has 2 heteroatoms. The Hall–Kier alpha value is -0.530. The summed E-state index contributed by atoms with van der Waals surface area (Å²) in [7, 11) is 0. The SMILES string of the molecule is OC(CCc1ccccc1Cl)C1CCCC1. The van der Waals surface area contributed by atoms with E-state index in [1.807, 2.05) is 24.3 Å². The van der Waals surface area contributed by atoms with Crippen molar-refractivity contribution in [2.24, 2.45) is 5.92 Å². The number of hydrogen-bond donors (Lipinski definition) is 1. The molecule has 88 valence electrons. The Labute approximate surface area is 102 Å². The molecular formula is C14H19ClO. The van der Waals surface area contributed by atoms with E-state index in [9.17, 15) is 5.11 Å². The van der Waals surface area contributed by atoms with E-state index in [1.165, 1.54) is 25.7 Å². The van der Waals surface area contributed by atoms with Crippen LogP contribution in [-0.2, 0) is 6.42 Å². The molecule has 0 aliphatic heterocycles. The number of aliphatic hydroxyl groups is 1. The maximum Gasteiger partial charge on any atom is 0.0571 e. The van der Waals surface area contributed by atoms with Gasteiger partial charge in [0.25, 0.3) is 0 Å². The van der Waals surface area contributed by atoms with Gasteiger partial charge >= 0.3 is 0 Å². The van der Waals surface area contributed by atoms with E-state index in [-0.39, 0.29) is 6.10 Å². The van der Waals surface area contributed by atoms with Crippen molar-refractivity contribution in [3.05, 3.63) is 34.9 Å². The summed E-state index contributed by atoms with van der Waals surface area (Å²) in [6.45, 7) is 0. The summed E-state index contributed by atoms with van der Waals surface area (Å²) in [4.78, 5) is 0. The third kappa shape index (κ3) is 2.99. The molecule has 2 rings (SSSR count). The number of hydrogen-bond acceptors (Lipinski definition) is 1. The highest BCUT2D eigenvalue weighted by Crippen LogP contribution is 2.30. The van der Waals surface area contributed by atoms with Gasteiger partial charge in [0, 0.05) is 5.02 Å². The fourth-order valence-corrected chi connectivity index (χ4v) is 2.81. The average Bonchev–Trinajstić information content (AvgIpc) is 2.81. The average molecular weight is 239 g/mol. The van der Waals surface area contributed by atoms with E-state index in [1.54, 1.807) is 0 Å². The molecule has 0 spiro atoms. The lowest BCUT2D eigenvalue weighted by molar-refractivity contribution is 0.102. The second-order valence-electron chi connectivity index (χ2n) is 4.74. The smallest absolute Gasteiger partial charge is 0.0571 e. The van der Waals surface area contributed by atoms with Gasteiger partial charge in [0.05, 0.1) is 6.10 Å². The monoisotopic (exact) mass is 238 g/mol. The van der Waals surface area contributed by atoms with E-state index in [0.717, 1.165) is 23.4 Å². The number of benzene rings is 1. The van der Waals surface area contributed by atoms with Crippen LogP contribution in [0.2, 0.25) is 5.02 Å². The molecule has 1 nitrogen and oxygen atoms in total.